The Bertz CT molecular complexity index is 1040. The van der Waals surface area contributed by atoms with Gasteiger partial charge in [0.25, 0.3) is 11.8 Å². The fourth-order valence-corrected chi connectivity index (χ4v) is 3.37. The summed E-state index contributed by atoms with van der Waals surface area (Å²) < 4.78 is 43.9. The largest absolute Gasteiger partial charge is 0.462 e. The number of aromatic nitrogens is 1. The molecule has 0 atom stereocenters. The minimum Gasteiger partial charge on any atom is -0.462 e. The molecular weight excluding hydrogens is 429 g/mol. The lowest BCUT2D eigenvalue weighted by molar-refractivity contribution is -0.146. The summed E-state index contributed by atoms with van der Waals surface area (Å²) in [6.07, 6.45) is 0.832. The van der Waals surface area contributed by atoms with E-state index in [1.54, 1.807) is 13.8 Å². The number of pyridine rings is 1. The lowest BCUT2D eigenvalue weighted by Crippen LogP contribution is -2.34. The van der Waals surface area contributed by atoms with Gasteiger partial charge in [-0.05, 0) is 50.1 Å². The second kappa shape index (κ2) is 10.6. The first-order chi connectivity index (χ1) is 14.6. The molecule has 2 aromatic rings. The van der Waals surface area contributed by atoms with Gasteiger partial charge in [0.2, 0.25) is 10.0 Å². The van der Waals surface area contributed by atoms with Crippen LogP contribution in [0, 0.1) is 5.82 Å². The summed E-state index contributed by atoms with van der Waals surface area (Å²) in [5, 5.41) is 2.33. The summed E-state index contributed by atoms with van der Waals surface area (Å²) in [5.74, 6) is -2.96. The van der Waals surface area contributed by atoms with Crippen molar-refractivity contribution in [2.45, 2.75) is 26.4 Å². The maximum absolute atomic E-state index is 12.9. The van der Waals surface area contributed by atoms with Crippen LogP contribution in [0.5, 0.6) is 0 Å². The van der Waals surface area contributed by atoms with Crippen LogP contribution in [-0.4, -0.2) is 49.6 Å². The Balaban J connectivity index is 1.89. The maximum atomic E-state index is 12.9. The molecule has 0 saturated heterocycles. The van der Waals surface area contributed by atoms with E-state index >= 15 is 0 Å². The van der Waals surface area contributed by atoms with Crippen molar-refractivity contribution in [2.24, 2.45) is 0 Å². The molecule has 1 heterocycles. The molecule has 9 nitrogen and oxygen atoms in total. The summed E-state index contributed by atoms with van der Waals surface area (Å²) in [4.78, 5) is 39.4. The van der Waals surface area contributed by atoms with Crippen molar-refractivity contribution in [1.82, 2.24) is 15.0 Å². The zero-order valence-electron chi connectivity index (χ0n) is 16.9. The molecule has 11 heteroatoms. The molecule has 1 aromatic heterocycles. The second-order valence-corrected chi connectivity index (χ2v) is 8.62. The van der Waals surface area contributed by atoms with Gasteiger partial charge in [0.1, 0.15) is 18.1 Å². The Kier molecular flexibility index (Phi) is 8.20. The molecule has 1 aromatic carbocycles. The van der Waals surface area contributed by atoms with E-state index in [0.29, 0.717) is 5.56 Å². The van der Waals surface area contributed by atoms with E-state index in [0.717, 1.165) is 6.20 Å². The van der Waals surface area contributed by atoms with Gasteiger partial charge in [-0.2, -0.15) is 0 Å². The number of rotatable bonds is 9. The quantitative estimate of drug-likeness (QED) is 0.548. The highest BCUT2D eigenvalue weighted by molar-refractivity contribution is 7.90. The highest BCUT2D eigenvalue weighted by atomic mass is 32.2. The third-order valence-electron chi connectivity index (χ3n) is 3.84. The molecule has 166 valence electrons. The van der Waals surface area contributed by atoms with Crippen LogP contribution >= 0.6 is 0 Å². The first-order valence-corrected chi connectivity index (χ1v) is 10.9. The van der Waals surface area contributed by atoms with E-state index in [9.17, 15) is 27.2 Å². The average molecular weight is 451 g/mol. The molecule has 31 heavy (non-hydrogen) atoms. The standard InChI is InChI=1S/C20H22FN3O6S/c1-13(2)30-18(25)12-23-20(27)17-8-5-15(11-22-17)19(26)24-31(28,29)10-9-14-3-6-16(21)7-4-14/h3-8,11,13H,9-10,12H2,1-2H3,(H,23,27)(H,24,26). The van der Waals surface area contributed by atoms with E-state index in [4.69, 9.17) is 4.74 Å². The van der Waals surface area contributed by atoms with Crippen molar-refractivity contribution in [1.29, 1.82) is 0 Å². The molecule has 0 aliphatic rings. The SMILES string of the molecule is CC(C)OC(=O)CNC(=O)c1ccc(C(=O)NS(=O)(=O)CCc2ccc(F)cc2)cn1. The molecule has 0 radical (unpaired) electrons. The van der Waals surface area contributed by atoms with Gasteiger partial charge in [-0.25, -0.2) is 17.5 Å². The molecule has 0 spiro atoms. The zero-order chi connectivity index (χ0) is 23.0. The van der Waals surface area contributed by atoms with Crippen molar-refractivity contribution in [3.05, 3.63) is 65.2 Å². The number of amides is 2. The molecule has 0 saturated carbocycles. The van der Waals surface area contributed by atoms with Gasteiger partial charge in [-0.15, -0.1) is 0 Å². The predicted octanol–water partition coefficient (Wildman–Crippen LogP) is 1.20. The molecule has 0 aliphatic heterocycles. The van der Waals surface area contributed by atoms with Gasteiger partial charge in [-0.1, -0.05) is 12.1 Å². The summed E-state index contributed by atoms with van der Waals surface area (Å²) in [6, 6.07) is 7.82. The van der Waals surface area contributed by atoms with Gasteiger partial charge >= 0.3 is 5.97 Å². The molecule has 0 aliphatic carbocycles. The average Bonchev–Trinajstić information content (AvgIpc) is 2.71. The van der Waals surface area contributed by atoms with Crippen molar-refractivity contribution in [2.75, 3.05) is 12.3 Å². The van der Waals surface area contributed by atoms with Gasteiger partial charge in [0.15, 0.2) is 0 Å². The predicted molar refractivity (Wildman–Crippen MR) is 109 cm³/mol. The van der Waals surface area contributed by atoms with Gasteiger partial charge in [0, 0.05) is 6.20 Å². The van der Waals surface area contributed by atoms with Crippen LogP contribution in [0.2, 0.25) is 0 Å². The number of hydrogen-bond acceptors (Lipinski definition) is 7. The van der Waals surface area contributed by atoms with E-state index in [1.807, 2.05) is 4.72 Å². The third kappa shape index (κ3) is 8.13. The van der Waals surface area contributed by atoms with Crippen molar-refractivity contribution in [3.8, 4) is 0 Å². The number of aryl methyl sites for hydroxylation is 1. The highest BCUT2D eigenvalue weighted by Gasteiger charge is 2.18. The molecule has 2 N–H and O–H groups in total. The molecule has 2 amide bonds. The monoisotopic (exact) mass is 451 g/mol. The molecule has 0 bridgehead atoms. The van der Waals surface area contributed by atoms with E-state index in [1.165, 1.54) is 36.4 Å². The maximum Gasteiger partial charge on any atom is 0.325 e. The van der Waals surface area contributed by atoms with Crippen LogP contribution in [0.4, 0.5) is 4.39 Å². The normalized spacial score (nSPS) is 11.1. The number of ether oxygens (including phenoxy) is 1. The van der Waals surface area contributed by atoms with Gasteiger partial charge in [0.05, 0.1) is 17.4 Å². The Morgan fingerprint density at radius 1 is 1.06 bits per heavy atom. The van der Waals surface area contributed by atoms with Crippen LogP contribution in [0.25, 0.3) is 0 Å². The van der Waals surface area contributed by atoms with Crippen LogP contribution < -0.4 is 10.0 Å². The number of esters is 1. The molecular formula is C20H22FN3O6S. The summed E-state index contributed by atoms with van der Waals surface area (Å²) in [6.45, 7) is 3.01. The molecule has 2 rings (SSSR count). The summed E-state index contributed by atoms with van der Waals surface area (Å²) in [5.41, 5.74) is 0.475. The van der Waals surface area contributed by atoms with Gasteiger partial charge < -0.3 is 10.1 Å². The second-order valence-electron chi connectivity index (χ2n) is 6.78. The van der Waals surface area contributed by atoms with Crippen LogP contribution in [-0.2, 0) is 26.0 Å². The minimum atomic E-state index is -3.94. The topological polar surface area (TPSA) is 132 Å². The number of nitrogens with zero attached hydrogens (tertiary/aromatic N) is 1. The van der Waals surface area contributed by atoms with E-state index in [-0.39, 0.29) is 36.1 Å². The number of nitrogens with one attached hydrogen (secondary N) is 2. The lowest BCUT2D eigenvalue weighted by atomic mass is 10.2. The Labute approximate surface area is 179 Å². The smallest absolute Gasteiger partial charge is 0.325 e. The number of carbonyl (C=O) groups excluding carboxylic acids is 3. The number of benzene rings is 1. The van der Waals surface area contributed by atoms with Crippen molar-refractivity contribution < 1.29 is 31.9 Å². The Hall–Kier alpha value is -3.34. The lowest BCUT2D eigenvalue weighted by Gasteiger charge is -2.09. The van der Waals surface area contributed by atoms with E-state index in [2.05, 4.69) is 10.3 Å². The van der Waals surface area contributed by atoms with Crippen molar-refractivity contribution >= 4 is 27.8 Å². The molecule has 0 fully saturated rings. The molecule has 0 unspecified atom stereocenters. The first-order valence-electron chi connectivity index (χ1n) is 9.29. The fourth-order valence-electron chi connectivity index (χ4n) is 2.36. The zero-order valence-corrected chi connectivity index (χ0v) is 17.7. The summed E-state index contributed by atoms with van der Waals surface area (Å²) >= 11 is 0. The third-order valence-corrected chi connectivity index (χ3v) is 5.08. The van der Waals surface area contributed by atoms with Crippen LogP contribution in [0.15, 0.2) is 42.6 Å². The highest BCUT2D eigenvalue weighted by Crippen LogP contribution is 2.06. The van der Waals surface area contributed by atoms with E-state index < -0.39 is 33.6 Å². The number of sulfonamides is 1. The minimum absolute atomic E-state index is 0.0620. The number of hydrogen-bond donors (Lipinski definition) is 2. The Morgan fingerprint density at radius 2 is 1.74 bits per heavy atom. The Morgan fingerprint density at radius 3 is 2.32 bits per heavy atom. The fraction of sp³-hybridized carbons (Fsp3) is 0.300. The van der Waals surface area contributed by atoms with Gasteiger partial charge in [-0.3, -0.25) is 19.4 Å². The van der Waals surface area contributed by atoms with Crippen LogP contribution in [0.1, 0.15) is 40.3 Å². The summed E-state index contributed by atoms with van der Waals surface area (Å²) in [7, 11) is -3.94. The van der Waals surface area contributed by atoms with Crippen LogP contribution in [0.3, 0.4) is 0 Å². The van der Waals surface area contributed by atoms with Crippen molar-refractivity contribution in [3.63, 3.8) is 0 Å². The first kappa shape index (κ1) is 23.9. The number of carbonyl (C=O) groups is 3. The number of halogens is 1.